The molecule has 14 heavy (non-hydrogen) atoms. The second kappa shape index (κ2) is 7.09. The maximum absolute atomic E-state index is 11.9. The molecule has 0 amide bonds. The van der Waals surface area contributed by atoms with E-state index in [1.807, 2.05) is 13.8 Å². The van der Waals surface area contributed by atoms with Crippen LogP contribution >= 0.6 is 0 Å². The SMILES string of the molecule is CC(C)OCC(O)CN(C)CC(F)F. The first-order valence-corrected chi connectivity index (χ1v) is 4.68. The van der Waals surface area contributed by atoms with E-state index in [4.69, 9.17) is 4.74 Å². The maximum atomic E-state index is 11.9. The Bertz CT molecular complexity index is 145. The Hall–Kier alpha value is -0.260. The fraction of sp³-hybridized carbons (Fsp3) is 1.00. The zero-order valence-electron chi connectivity index (χ0n) is 8.91. The zero-order valence-corrected chi connectivity index (χ0v) is 8.91. The number of alkyl halides is 2. The fourth-order valence-corrected chi connectivity index (χ4v) is 1.03. The summed E-state index contributed by atoms with van der Waals surface area (Å²) in [6, 6.07) is 0. The predicted octanol–water partition coefficient (Wildman–Crippen LogP) is 0.969. The molecule has 0 aromatic carbocycles. The van der Waals surface area contributed by atoms with Gasteiger partial charge < -0.3 is 9.84 Å². The highest BCUT2D eigenvalue weighted by Crippen LogP contribution is 1.98. The Labute approximate surface area is 83.7 Å². The van der Waals surface area contributed by atoms with Crippen molar-refractivity contribution in [3.8, 4) is 0 Å². The molecule has 1 atom stereocenters. The van der Waals surface area contributed by atoms with Gasteiger partial charge >= 0.3 is 0 Å². The molecular formula is C9H19F2NO2. The lowest BCUT2D eigenvalue weighted by molar-refractivity contribution is -0.0118. The standard InChI is InChI=1S/C9H19F2NO2/c1-7(2)14-6-8(13)4-12(3)5-9(10)11/h7-9,13H,4-6H2,1-3H3. The summed E-state index contributed by atoms with van der Waals surface area (Å²) in [6.07, 6.45) is -3.02. The molecule has 0 aliphatic heterocycles. The van der Waals surface area contributed by atoms with Crippen LogP contribution in [0.4, 0.5) is 8.78 Å². The third kappa shape index (κ3) is 8.34. The van der Waals surface area contributed by atoms with E-state index in [1.54, 1.807) is 7.05 Å². The van der Waals surface area contributed by atoms with Crippen molar-refractivity contribution >= 4 is 0 Å². The topological polar surface area (TPSA) is 32.7 Å². The smallest absolute Gasteiger partial charge is 0.251 e. The van der Waals surface area contributed by atoms with E-state index in [-0.39, 0.29) is 25.8 Å². The molecule has 5 heteroatoms. The molecule has 0 aliphatic carbocycles. The summed E-state index contributed by atoms with van der Waals surface area (Å²) in [5.41, 5.74) is 0. The van der Waals surface area contributed by atoms with Crippen molar-refractivity contribution in [1.29, 1.82) is 0 Å². The normalized spacial score (nSPS) is 14.4. The van der Waals surface area contributed by atoms with Gasteiger partial charge in [-0.25, -0.2) is 8.78 Å². The van der Waals surface area contributed by atoms with Crippen LogP contribution in [-0.4, -0.2) is 55.4 Å². The minimum Gasteiger partial charge on any atom is -0.389 e. The first kappa shape index (κ1) is 13.7. The molecule has 0 spiro atoms. The van der Waals surface area contributed by atoms with E-state index in [0.29, 0.717) is 0 Å². The van der Waals surface area contributed by atoms with Gasteiger partial charge in [0.2, 0.25) is 0 Å². The van der Waals surface area contributed by atoms with E-state index in [2.05, 4.69) is 0 Å². The van der Waals surface area contributed by atoms with Crippen molar-refractivity contribution in [2.24, 2.45) is 0 Å². The number of rotatable bonds is 7. The van der Waals surface area contributed by atoms with Crippen LogP contribution in [0.2, 0.25) is 0 Å². The molecule has 3 nitrogen and oxygen atoms in total. The third-order valence-electron chi connectivity index (χ3n) is 1.59. The van der Waals surface area contributed by atoms with Crippen LogP contribution in [0.25, 0.3) is 0 Å². The molecule has 0 saturated carbocycles. The number of hydrogen-bond acceptors (Lipinski definition) is 3. The van der Waals surface area contributed by atoms with E-state index >= 15 is 0 Å². The molecule has 0 fully saturated rings. The number of halogens is 2. The van der Waals surface area contributed by atoms with E-state index in [1.165, 1.54) is 4.90 Å². The molecule has 0 aromatic heterocycles. The number of nitrogens with zero attached hydrogens (tertiary/aromatic N) is 1. The van der Waals surface area contributed by atoms with Crippen molar-refractivity contribution in [1.82, 2.24) is 4.90 Å². The zero-order chi connectivity index (χ0) is 11.1. The molecule has 0 aliphatic rings. The van der Waals surface area contributed by atoms with Crippen molar-refractivity contribution in [2.75, 3.05) is 26.7 Å². The number of likely N-dealkylation sites (N-methyl/N-ethyl adjacent to an activating group) is 1. The van der Waals surface area contributed by atoms with Gasteiger partial charge in [0.15, 0.2) is 0 Å². The summed E-state index contributed by atoms with van der Waals surface area (Å²) in [5.74, 6) is 0. The largest absolute Gasteiger partial charge is 0.389 e. The van der Waals surface area contributed by atoms with Crippen LogP contribution < -0.4 is 0 Å². The minimum atomic E-state index is -2.36. The van der Waals surface area contributed by atoms with Crippen LogP contribution in [-0.2, 0) is 4.74 Å². The monoisotopic (exact) mass is 211 g/mol. The maximum Gasteiger partial charge on any atom is 0.251 e. The molecule has 0 bridgehead atoms. The van der Waals surface area contributed by atoms with Crippen molar-refractivity contribution in [2.45, 2.75) is 32.5 Å². The molecular weight excluding hydrogens is 192 g/mol. The lowest BCUT2D eigenvalue weighted by Gasteiger charge is -2.20. The second-order valence-electron chi connectivity index (χ2n) is 3.65. The first-order valence-electron chi connectivity index (χ1n) is 4.68. The summed E-state index contributed by atoms with van der Waals surface area (Å²) in [6.45, 7) is 3.78. The van der Waals surface area contributed by atoms with E-state index in [0.717, 1.165) is 0 Å². The van der Waals surface area contributed by atoms with Gasteiger partial charge in [0, 0.05) is 6.54 Å². The molecule has 0 aromatic rings. The summed E-state index contributed by atoms with van der Waals surface area (Å²) in [4.78, 5) is 1.39. The predicted molar refractivity (Wildman–Crippen MR) is 50.6 cm³/mol. The molecule has 0 heterocycles. The van der Waals surface area contributed by atoms with Gasteiger partial charge in [0.1, 0.15) is 0 Å². The number of ether oxygens (including phenoxy) is 1. The Kier molecular flexibility index (Phi) is 6.96. The molecule has 0 radical (unpaired) electrons. The van der Waals surface area contributed by atoms with Gasteiger partial charge in [0.05, 0.1) is 25.4 Å². The van der Waals surface area contributed by atoms with Gasteiger partial charge in [0.25, 0.3) is 6.43 Å². The Morgan fingerprint density at radius 1 is 1.29 bits per heavy atom. The third-order valence-corrected chi connectivity index (χ3v) is 1.59. The molecule has 1 N–H and O–H groups in total. The van der Waals surface area contributed by atoms with Crippen molar-refractivity contribution in [3.05, 3.63) is 0 Å². The lowest BCUT2D eigenvalue weighted by Crippen LogP contribution is -2.35. The minimum absolute atomic E-state index is 0.0463. The number of aliphatic hydroxyl groups is 1. The number of hydrogen-bond donors (Lipinski definition) is 1. The van der Waals surface area contributed by atoms with Gasteiger partial charge in [-0.1, -0.05) is 0 Å². The highest BCUT2D eigenvalue weighted by Gasteiger charge is 2.12. The van der Waals surface area contributed by atoms with Crippen LogP contribution in [0.15, 0.2) is 0 Å². The lowest BCUT2D eigenvalue weighted by atomic mass is 10.3. The van der Waals surface area contributed by atoms with Gasteiger partial charge in [-0.05, 0) is 20.9 Å². The van der Waals surface area contributed by atoms with Gasteiger partial charge in [-0.2, -0.15) is 0 Å². The van der Waals surface area contributed by atoms with Crippen molar-refractivity contribution in [3.63, 3.8) is 0 Å². The van der Waals surface area contributed by atoms with Crippen LogP contribution in [0.3, 0.4) is 0 Å². The Morgan fingerprint density at radius 3 is 2.29 bits per heavy atom. The van der Waals surface area contributed by atoms with E-state index in [9.17, 15) is 13.9 Å². The molecule has 0 saturated heterocycles. The quantitative estimate of drug-likeness (QED) is 0.681. The second-order valence-corrected chi connectivity index (χ2v) is 3.65. The van der Waals surface area contributed by atoms with Gasteiger partial charge in [-0.3, -0.25) is 4.90 Å². The Morgan fingerprint density at radius 2 is 1.86 bits per heavy atom. The summed E-state index contributed by atoms with van der Waals surface area (Å²) in [7, 11) is 1.55. The molecule has 86 valence electrons. The average molecular weight is 211 g/mol. The molecule has 0 rings (SSSR count). The van der Waals surface area contributed by atoms with Gasteiger partial charge in [-0.15, -0.1) is 0 Å². The van der Waals surface area contributed by atoms with Crippen LogP contribution in [0, 0.1) is 0 Å². The van der Waals surface area contributed by atoms with Crippen LogP contribution in [0.5, 0.6) is 0 Å². The first-order chi connectivity index (χ1) is 6.41. The van der Waals surface area contributed by atoms with Crippen LogP contribution in [0.1, 0.15) is 13.8 Å². The summed E-state index contributed by atoms with van der Waals surface area (Å²) >= 11 is 0. The van der Waals surface area contributed by atoms with E-state index < -0.39 is 12.5 Å². The van der Waals surface area contributed by atoms with Crippen molar-refractivity contribution < 1.29 is 18.6 Å². The average Bonchev–Trinajstić information content (AvgIpc) is 1.98. The summed E-state index contributed by atoms with van der Waals surface area (Å²) < 4.78 is 28.9. The Balaban J connectivity index is 3.55. The number of aliphatic hydroxyl groups excluding tert-OH is 1. The fourth-order valence-electron chi connectivity index (χ4n) is 1.03. The summed E-state index contributed by atoms with van der Waals surface area (Å²) in [5, 5.41) is 9.37. The molecule has 1 unspecified atom stereocenters. The highest BCUT2D eigenvalue weighted by molar-refractivity contribution is 4.61. The highest BCUT2D eigenvalue weighted by atomic mass is 19.3.